The molecule has 2 rings (SSSR count). The smallest absolute Gasteiger partial charge is 0.445 e. The van der Waals surface area contributed by atoms with E-state index in [0.717, 1.165) is 5.56 Å². The lowest BCUT2D eigenvalue weighted by molar-refractivity contribution is -0.138. The van der Waals surface area contributed by atoms with Crippen molar-refractivity contribution in [3.63, 3.8) is 0 Å². The van der Waals surface area contributed by atoms with Crippen molar-refractivity contribution in [2.45, 2.75) is 19.1 Å². The Morgan fingerprint density at radius 3 is 2.36 bits per heavy atom. The van der Waals surface area contributed by atoms with Gasteiger partial charge in [-0.25, -0.2) is 0 Å². The van der Waals surface area contributed by atoms with E-state index in [1.807, 2.05) is 0 Å². The first-order chi connectivity index (χ1) is 10.3. The van der Waals surface area contributed by atoms with Crippen LogP contribution < -0.4 is 14.8 Å². The van der Waals surface area contributed by atoms with Crippen LogP contribution in [-0.4, -0.2) is 24.4 Å². The molecule has 5 nitrogen and oxygen atoms in total. The Morgan fingerprint density at radius 1 is 1.14 bits per heavy atom. The van der Waals surface area contributed by atoms with Crippen molar-refractivity contribution in [2.75, 3.05) is 19.5 Å². The summed E-state index contributed by atoms with van der Waals surface area (Å²) >= 11 is 0.466. The molecule has 0 aliphatic rings. The van der Waals surface area contributed by atoms with E-state index in [-0.39, 0.29) is 11.2 Å². The van der Waals surface area contributed by atoms with Gasteiger partial charge in [0.2, 0.25) is 10.1 Å². The molecule has 0 bridgehead atoms. The largest absolute Gasteiger partial charge is 0.493 e. The first kappa shape index (κ1) is 16.3. The number of nitrogens with zero attached hydrogens (tertiary/aromatic N) is 2. The van der Waals surface area contributed by atoms with Gasteiger partial charge < -0.3 is 14.8 Å². The van der Waals surface area contributed by atoms with E-state index in [4.69, 9.17) is 9.47 Å². The molecule has 120 valence electrons. The van der Waals surface area contributed by atoms with E-state index in [0.29, 0.717) is 22.8 Å². The fourth-order valence-electron chi connectivity index (χ4n) is 1.79. The molecular formula is C13H14F3N3O2S. The molecule has 0 saturated heterocycles. The summed E-state index contributed by atoms with van der Waals surface area (Å²) in [4.78, 5) is 0. The van der Waals surface area contributed by atoms with Crippen LogP contribution in [0.2, 0.25) is 0 Å². The highest BCUT2D eigenvalue weighted by Crippen LogP contribution is 2.35. The lowest BCUT2D eigenvalue weighted by Crippen LogP contribution is -2.06. The molecule has 22 heavy (non-hydrogen) atoms. The Hall–Kier alpha value is -2.03. The zero-order valence-corrected chi connectivity index (χ0v) is 12.9. The molecule has 9 heteroatoms. The van der Waals surface area contributed by atoms with E-state index in [1.165, 1.54) is 14.2 Å². The highest BCUT2D eigenvalue weighted by Gasteiger charge is 2.35. The van der Waals surface area contributed by atoms with E-state index in [1.54, 1.807) is 25.1 Å². The van der Waals surface area contributed by atoms with Gasteiger partial charge in [-0.2, -0.15) is 13.2 Å². The number of rotatable bonds is 5. The highest BCUT2D eigenvalue weighted by molar-refractivity contribution is 7.15. The van der Waals surface area contributed by atoms with E-state index >= 15 is 0 Å². The fourth-order valence-corrected chi connectivity index (χ4v) is 2.48. The number of nitrogens with one attached hydrogen (secondary N) is 1. The lowest BCUT2D eigenvalue weighted by Gasteiger charge is -2.15. The molecule has 1 unspecified atom stereocenters. The first-order valence-electron chi connectivity index (χ1n) is 6.24. The summed E-state index contributed by atoms with van der Waals surface area (Å²) in [6, 6.07) is 5.01. The minimum Gasteiger partial charge on any atom is -0.493 e. The molecule has 0 amide bonds. The normalized spacial score (nSPS) is 12.8. The van der Waals surface area contributed by atoms with Gasteiger partial charge in [0.1, 0.15) is 0 Å². The van der Waals surface area contributed by atoms with E-state index in [9.17, 15) is 13.2 Å². The summed E-state index contributed by atoms with van der Waals surface area (Å²) in [6.45, 7) is 1.80. The molecule has 0 spiro atoms. The van der Waals surface area contributed by atoms with E-state index < -0.39 is 11.2 Å². The Labute approximate surface area is 129 Å². The molecule has 1 N–H and O–H groups in total. The van der Waals surface area contributed by atoms with Crippen molar-refractivity contribution in [1.82, 2.24) is 10.2 Å². The van der Waals surface area contributed by atoms with Gasteiger partial charge in [0, 0.05) is 0 Å². The second-order valence-corrected chi connectivity index (χ2v) is 5.37. The van der Waals surface area contributed by atoms with Crippen molar-refractivity contribution in [3.05, 3.63) is 28.8 Å². The van der Waals surface area contributed by atoms with Gasteiger partial charge in [0.25, 0.3) is 0 Å². The maximum Gasteiger partial charge on any atom is 0.445 e. The summed E-state index contributed by atoms with van der Waals surface area (Å²) in [5.41, 5.74) is 0.821. The average molecular weight is 333 g/mol. The number of halogens is 3. The Kier molecular flexibility index (Phi) is 4.74. The number of anilines is 1. The molecule has 1 heterocycles. The van der Waals surface area contributed by atoms with Crippen LogP contribution in [0, 0.1) is 0 Å². The molecule has 0 aliphatic heterocycles. The van der Waals surface area contributed by atoms with Gasteiger partial charge in [-0.15, -0.1) is 10.2 Å². The summed E-state index contributed by atoms with van der Waals surface area (Å²) in [6.07, 6.45) is -4.48. The molecule has 0 aliphatic carbocycles. The third-order valence-corrected chi connectivity index (χ3v) is 3.81. The molecule has 1 aromatic heterocycles. The molecule has 2 aromatic rings. The van der Waals surface area contributed by atoms with Gasteiger partial charge in [-0.1, -0.05) is 17.4 Å². The molecule has 0 radical (unpaired) electrons. The van der Waals surface area contributed by atoms with E-state index in [2.05, 4.69) is 15.5 Å². The Bertz CT molecular complexity index is 646. The summed E-state index contributed by atoms with van der Waals surface area (Å²) < 4.78 is 47.8. The zero-order chi connectivity index (χ0) is 16.3. The van der Waals surface area contributed by atoms with Crippen molar-refractivity contribution in [1.29, 1.82) is 0 Å². The summed E-state index contributed by atoms with van der Waals surface area (Å²) in [7, 11) is 3.04. The minimum atomic E-state index is -4.48. The van der Waals surface area contributed by atoms with Crippen molar-refractivity contribution in [3.8, 4) is 11.5 Å². The van der Waals surface area contributed by atoms with Crippen molar-refractivity contribution in [2.24, 2.45) is 0 Å². The minimum absolute atomic E-state index is 0.106. The summed E-state index contributed by atoms with van der Waals surface area (Å²) in [5, 5.41) is 8.65. The van der Waals surface area contributed by atoms with Crippen LogP contribution in [0.15, 0.2) is 18.2 Å². The van der Waals surface area contributed by atoms with Crippen LogP contribution in [0.25, 0.3) is 0 Å². The standard InChI is InChI=1S/C13H14F3N3O2S/c1-7(8-4-5-9(20-2)10(6-8)21-3)17-12-19-18-11(22-12)13(14,15)16/h4-7H,1-3H3,(H,17,19). The first-order valence-corrected chi connectivity index (χ1v) is 7.06. The van der Waals surface area contributed by atoms with Crippen LogP contribution in [0.3, 0.4) is 0 Å². The topological polar surface area (TPSA) is 56.3 Å². The van der Waals surface area contributed by atoms with Crippen LogP contribution in [-0.2, 0) is 6.18 Å². The predicted molar refractivity (Wildman–Crippen MR) is 76.5 cm³/mol. The SMILES string of the molecule is COc1ccc(C(C)Nc2nnc(C(F)(F)F)s2)cc1OC. The number of aromatic nitrogens is 2. The summed E-state index contributed by atoms with van der Waals surface area (Å²) in [5.74, 6) is 1.12. The third kappa shape index (κ3) is 3.59. The highest BCUT2D eigenvalue weighted by atomic mass is 32.1. The van der Waals surface area contributed by atoms with Gasteiger partial charge >= 0.3 is 6.18 Å². The zero-order valence-electron chi connectivity index (χ0n) is 12.1. The Balaban J connectivity index is 2.15. The predicted octanol–water partition coefficient (Wildman–Crippen LogP) is 3.75. The third-order valence-electron chi connectivity index (χ3n) is 2.92. The number of ether oxygens (including phenoxy) is 2. The van der Waals surface area contributed by atoms with Crippen LogP contribution in [0.5, 0.6) is 11.5 Å². The fraction of sp³-hybridized carbons (Fsp3) is 0.385. The number of hydrogen-bond acceptors (Lipinski definition) is 6. The second kappa shape index (κ2) is 6.39. The van der Waals surface area contributed by atoms with Crippen molar-refractivity contribution < 1.29 is 22.6 Å². The lowest BCUT2D eigenvalue weighted by atomic mass is 10.1. The maximum absolute atomic E-state index is 12.5. The molecule has 1 aromatic carbocycles. The Morgan fingerprint density at radius 2 is 1.82 bits per heavy atom. The molecule has 0 saturated carbocycles. The van der Waals surface area contributed by atoms with Crippen LogP contribution in [0.1, 0.15) is 23.5 Å². The number of benzene rings is 1. The van der Waals surface area contributed by atoms with Crippen LogP contribution in [0.4, 0.5) is 18.3 Å². The monoisotopic (exact) mass is 333 g/mol. The van der Waals surface area contributed by atoms with Gasteiger partial charge in [0.15, 0.2) is 11.5 Å². The number of hydrogen-bond donors (Lipinski definition) is 1. The average Bonchev–Trinajstić information content (AvgIpc) is 2.95. The van der Waals surface area contributed by atoms with Gasteiger partial charge in [-0.3, -0.25) is 0 Å². The number of alkyl halides is 3. The molecule has 0 fully saturated rings. The second-order valence-electron chi connectivity index (χ2n) is 4.39. The quantitative estimate of drug-likeness (QED) is 0.903. The number of methoxy groups -OCH3 is 2. The van der Waals surface area contributed by atoms with Gasteiger partial charge in [0.05, 0.1) is 20.3 Å². The van der Waals surface area contributed by atoms with Crippen LogP contribution >= 0.6 is 11.3 Å². The maximum atomic E-state index is 12.5. The van der Waals surface area contributed by atoms with Gasteiger partial charge in [-0.05, 0) is 24.6 Å². The molecular weight excluding hydrogens is 319 g/mol. The molecule has 1 atom stereocenters. The van der Waals surface area contributed by atoms with Crippen molar-refractivity contribution >= 4 is 16.5 Å².